The van der Waals surface area contributed by atoms with Gasteiger partial charge in [-0.2, -0.15) is 5.10 Å². The van der Waals surface area contributed by atoms with Gasteiger partial charge in [0.15, 0.2) is 5.76 Å². The molecular weight excluding hydrogens is 388 g/mol. The maximum atomic E-state index is 13.2. The van der Waals surface area contributed by atoms with Crippen LogP contribution >= 0.6 is 0 Å². The van der Waals surface area contributed by atoms with Crippen molar-refractivity contribution >= 4 is 5.91 Å². The van der Waals surface area contributed by atoms with Crippen LogP contribution in [-0.2, 0) is 0 Å². The first-order chi connectivity index (χ1) is 14.9. The van der Waals surface area contributed by atoms with Crippen LogP contribution in [0.15, 0.2) is 47.1 Å². The molecule has 0 saturated heterocycles. The molecule has 0 radical (unpaired) electrons. The highest BCUT2D eigenvalue weighted by Crippen LogP contribution is 2.24. The molecule has 6 nitrogen and oxygen atoms in total. The predicted octanol–water partition coefficient (Wildman–Crippen LogP) is 3.57. The van der Waals surface area contributed by atoms with Gasteiger partial charge in [0, 0.05) is 12.1 Å². The highest BCUT2D eigenvalue weighted by atomic mass is 16.3. The standard InChI is InChI=1S/C25H34N4O2/c1-6-28(7-2)14-8-10-20(5)26-25(30)23-17-21(24-11-9-15-31-24)27-29(23)22-13-12-18(3)16-19(22)4/h9,11-13,15-17,20H,6-8,10,14H2,1-5H3,(H,26,30)/p+1/t20-/m1/s1. The van der Waals surface area contributed by atoms with E-state index in [9.17, 15) is 4.79 Å². The Morgan fingerprint density at radius 2 is 1.97 bits per heavy atom. The van der Waals surface area contributed by atoms with Crippen molar-refractivity contribution in [1.82, 2.24) is 15.1 Å². The van der Waals surface area contributed by atoms with Crippen LogP contribution in [0, 0.1) is 13.8 Å². The Morgan fingerprint density at radius 1 is 1.19 bits per heavy atom. The van der Waals surface area contributed by atoms with Crippen LogP contribution in [0.4, 0.5) is 0 Å². The average molecular weight is 424 g/mol. The normalized spacial score (nSPS) is 12.3. The van der Waals surface area contributed by atoms with Crippen molar-refractivity contribution in [3.05, 3.63) is 59.5 Å². The molecule has 3 aromatic rings. The number of hydrogen-bond acceptors (Lipinski definition) is 3. The van der Waals surface area contributed by atoms with Gasteiger partial charge in [0.25, 0.3) is 5.91 Å². The lowest BCUT2D eigenvalue weighted by Gasteiger charge is -2.18. The minimum atomic E-state index is -0.118. The second kappa shape index (κ2) is 10.4. The van der Waals surface area contributed by atoms with Gasteiger partial charge >= 0.3 is 0 Å². The third kappa shape index (κ3) is 5.64. The molecule has 2 heterocycles. The van der Waals surface area contributed by atoms with E-state index in [-0.39, 0.29) is 11.9 Å². The summed E-state index contributed by atoms with van der Waals surface area (Å²) >= 11 is 0. The number of aromatic nitrogens is 2. The number of benzene rings is 1. The van der Waals surface area contributed by atoms with Gasteiger partial charge in [0.1, 0.15) is 11.4 Å². The van der Waals surface area contributed by atoms with Gasteiger partial charge in [-0.25, -0.2) is 4.68 Å². The first kappa shape index (κ1) is 22.8. The third-order valence-corrected chi connectivity index (χ3v) is 5.84. The Labute approximate surface area is 185 Å². The van der Waals surface area contributed by atoms with Crippen LogP contribution in [0.3, 0.4) is 0 Å². The Kier molecular flexibility index (Phi) is 7.69. The highest BCUT2D eigenvalue weighted by Gasteiger charge is 2.21. The number of quaternary nitrogens is 1. The largest absolute Gasteiger partial charge is 0.463 e. The molecule has 0 unspecified atom stereocenters. The van der Waals surface area contributed by atoms with Crippen molar-refractivity contribution < 1.29 is 14.1 Å². The fourth-order valence-electron chi connectivity index (χ4n) is 3.95. The Balaban J connectivity index is 1.81. The van der Waals surface area contributed by atoms with E-state index in [1.54, 1.807) is 21.9 Å². The fraction of sp³-hybridized carbons (Fsp3) is 0.440. The van der Waals surface area contributed by atoms with Crippen LogP contribution in [0.25, 0.3) is 17.1 Å². The molecule has 0 aliphatic carbocycles. The maximum Gasteiger partial charge on any atom is 0.270 e. The molecule has 1 amide bonds. The number of aryl methyl sites for hydroxylation is 2. The van der Waals surface area contributed by atoms with Crippen LogP contribution < -0.4 is 10.2 Å². The molecule has 0 bridgehead atoms. The summed E-state index contributed by atoms with van der Waals surface area (Å²) < 4.78 is 7.25. The number of nitrogens with one attached hydrogen (secondary N) is 2. The molecule has 6 heteroatoms. The number of rotatable bonds is 10. The lowest BCUT2D eigenvalue weighted by molar-refractivity contribution is -0.896. The van der Waals surface area contributed by atoms with E-state index in [0.29, 0.717) is 17.1 Å². The molecule has 2 aromatic heterocycles. The van der Waals surface area contributed by atoms with Gasteiger partial charge in [-0.3, -0.25) is 4.79 Å². The summed E-state index contributed by atoms with van der Waals surface area (Å²) in [6.07, 6.45) is 3.66. The SMILES string of the molecule is CC[NH+](CC)CCC[C@@H](C)NC(=O)c1cc(-c2ccco2)nn1-c1ccc(C)cc1C. The molecule has 3 rings (SSSR count). The monoisotopic (exact) mass is 423 g/mol. The maximum absolute atomic E-state index is 13.2. The molecule has 2 N–H and O–H groups in total. The van der Waals surface area contributed by atoms with E-state index in [1.807, 2.05) is 31.2 Å². The molecule has 166 valence electrons. The quantitative estimate of drug-likeness (QED) is 0.524. The predicted molar refractivity (Wildman–Crippen MR) is 124 cm³/mol. The van der Waals surface area contributed by atoms with E-state index in [1.165, 1.54) is 5.56 Å². The zero-order valence-corrected chi connectivity index (χ0v) is 19.4. The van der Waals surface area contributed by atoms with Gasteiger partial charge in [-0.05, 0) is 71.2 Å². The van der Waals surface area contributed by atoms with Crippen LogP contribution in [-0.4, -0.2) is 41.4 Å². The van der Waals surface area contributed by atoms with E-state index in [4.69, 9.17) is 9.52 Å². The zero-order valence-electron chi connectivity index (χ0n) is 19.4. The first-order valence-corrected chi connectivity index (χ1v) is 11.3. The van der Waals surface area contributed by atoms with Crippen LogP contribution in [0.1, 0.15) is 55.2 Å². The van der Waals surface area contributed by atoms with E-state index < -0.39 is 0 Å². The smallest absolute Gasteiger partial charge is 0.270 e. The van der Waals surface area contributed by atoms with E-state index in [2.05, 4.69) is 39.1 Å². The minimum absolute atomic E-state index is 0.0944. The van der Waals surface area contributed by atoms with E-state index >= 15 is 0 Å². The van der Waals surface area contributed by atoms with Crippen LogP contribution in [0.5, 0.6) is 0 Å². The van der Waals surface area contributed by atoms with Crippen molar-refractivity contribution in [3.63, 3.8) is 0 Å². The molecule has 0 saturated carbocycles. The third-order valence-electron chi connectivity index (χ3n) is 5.84. The van der Waals surface area contributed by atoms with Gasteiger partial charge < -0.3 is 14.6 Å². The van der Waals surface area contributed by atoms with Crippen molar-refractivity contribution in [2.75, 3.05) is 19.6 Å². The molecule has 1 atom stereocenters. The summed E-state index contributed by atoms with van der Waals surface area (Å²) in [4.78, 5) is 14.8. The number of hydrogen-bond donors (Lipinski definition) is 2. The Morgan fingerprint density at radius 3 is 2.61 bits per heavy atom. The molecule has 31 heavy (non-hydrogen) atoms. The van der Waals surface area contributed by atoms with Crippen molar-refractivity contribution in [3.8, 4) is 17.1 Å². The summed E-state index contributed by atoms with van der Waals surface area (Å²) in [6.45, 7) is 14.0. The number of carbonyl (C=O) groups excluding carboxylic acids is 1. The number of furan rings is 1. The van der Waals surface area contributed by atoms with Crippen molar-refractivity contribution in [2.24, 2.45) is 0 Å². The van der Waals surface area contributed by atoms with Crippen LogP contribution in [0.2, 0.25) is 0 Å². The van der Waals surface area contributed by atoms with Gasteiger partial charge in [-0.1, -0.05) is 17.7 Å². The summed E-state index contributed by atoms with van der Waals surface area (Å²) in [5.74, 6) is 0.528. The van der Waals surface area contributed by atoms with Gasteiger partial charge in [0.05, 0.1) is 31.6 Å². The molecule has 0 spiro atoms. The first-order valence-electron chi connectivity index (χ1n) is 11.3. The lowest BCUT2D eigenvalue weighted by atomic mass is 10.1. The summed E-state index contributed by atoms with van der Waals surface area (Å²) in [6, 6.07) is 11.7. The molecular formula is C25H35N4O2+. The second-order valence-corrected chi connectivity index (χ2v) is 8.32. The minimum Gasteiger partial charge on any atom is -0.463 e. The van der Waals surface area contributed by atoms with Crippen molar-refractivity contribution in [1.29, 1.82) is 0 Å². The van der Waals surface area contributed by atoms with Gasteiger partial charge in [0.2, 0.25) is 0 Å². The fourth-order valence-corrected chi connectivity index (χ4v) is 3.95. The molecule has 1 aromatic carbocycles. The number of amides is 1. The number of nitrogens with zero attached hydrogens (tertiary/aromatic N) is 2. The number of carbonyl (C=O) groups is 1. The highest BCUT2D eigenvalue weighted by molar-refractivity contribution is 5.94. The lowest BCUT2D eigenvalue weighted by Crippen LogP contribution is -3.11. The summed E-state index contributed by atoms with van der Waals surface area (Å²) in [7, 11) is 0. The Bertz CT molecular complexity index is 987. The van der Waals surface area contributed by atoms with Gasteiger partial charge in [-0.15, -0.1) is 0 Å². The average Bonchev–Trinajstić information content (AvgIpc) is 3.41. The topological polar surface area (TPSA) is 64.5 Å². The molecule has 0 aliphatic rings. The van der Waals surface area contributed by atoms with E-state index in [0.717, 1.165) is 43.7 Å². The Hall–Kier alpha value is -2.86. The van der Waals surface area contributed by atoms with Crippen molar-refractivity contribution in [2.45, 2.75) is 53.5 Å². The zero-order chi connectivity index (χ0) is 22.4. The second-order valence-electron chi connectivity index (χ2n) is 8.32. The molecule has 0 fully saturated rings. The summed E-state index contributed by atoms with van der Waals surface area (Å²) in [5.41, 5.74) is 4.30. The molecule has 0 aliphatic heterocycles. The summed E-state index contributed by atoms with van der Waals surface area (Å²) in [5, 5.41) is 7.87.